The summed E-state index contributed by atoms with van der Waals surface area (Å²) in [5.74, 6) is 0. The zero-order valence-electron chi connectivity index (χ0n) is 2.58. The molecule has 0 amide bonds. The van der Waals surface area contributed by atoms with E-state index in [2.05, 4.69) is 0 Å². The molecule has 0 nitrogen and oxygen atoms in total. The van der Waals surface area contributed by atoms with E-state index in [0.717, 1.165) is 0 Å². The second-order valence-electron chi connectivity index (χ2n) is 0. The first-order valence-electron chi connectivity index (χ1n) is 0. The summed E-state index contributed by atoms with van der Waals surface area (Å²) in [6.07, 6.45) is 0. The summed E-state index contributed by atoms with van der Waals surface area (Å²) in [6.45, 7) is 0. The predicted octanol–water partition coefficient (Wildman–Crippen LogP) is 0.440. The first-order chi connectivity index (χ1) is 0. The van der Waals surface area contributed by atoms with Crippen LogP contribution in [0.15, 0.2) is 0 Å². The predicted molar refractivity (Wildman–Crippen MR) is 6.41 cm³/mol. The van der Waals surface area contributed by atoms with Gasteiger partial charge in [-0.2, -0.15) is 0 Å². The molecule has 0 spiro atoms. The Morgan fingerprint density at radius 1 is 1.00 bits per heavy atom. The normalized spacial score (nSPS) is 0. The average molecular weight is 315 g/mol. The molecule has 0 aliphatic carbocycles. The van der Waals surface area contributed by atoms with Crippen molar-refractivity contribution in [1.82, 2.24) is 0 Å². The second kappa shape index (κ2) is 31.9. The SMILES string of the molecule is [CH3-].[Cr].[Mo].[Nb].[Ni]. The molecule has 0 atom stereocenters. The van der Waals surface area contributed by atoms with Crippen LogP contribution in [0.4, 0.5) is 0 Å². The van der Waals surface area contributed by atoms with Crippen molar-refractivity contribution in [2.75, 3.05) is 0 Å². The third-order valence-corrected chi connectivity index (χ3v) is 0. The van der Waals surface area contributed by atoms with Crippen LogP contribution in [0.3, 0.4) is 0 Å². The van der Waals surface area contributed by atoms with E-state index in [1.165, 1.54) is 0 Å². The standard InChI is InChI=1S/CH3.Cr.Mo.Nb.Ni/h1H3;;;;/q-1;;;;. The first kappa shape index (κ1) is 51.5. The maximum Gasteiger partial charge on any atom is 0 e. The quantitative estimate of drug-likeness (QED) is 0.450. The van der Waals surface area contributed by atoms with Crippen molar-refractivity contribution >= 4 is 0 Å². The fraction of sp³-hybridized carbons (Fsp3) is 0. The van der Waals surface area contributed by atoms with Crippen LogP contribution in [0.5, 0.6) is 0 Å². The topological polar surface area (TPSA) is 0 Å². The van der Waals surface area contributed by atoms with Crippen molar-refractivity contribution in [1.29, 1.82) is 0 Å². The van der Waals surface area contributed by atoms with E-state index in [1.807, 2.05) is 0 Å². The summed E-state index contributed by atoms with van der Waals surface area (Å²) in [4.78, 5) is 0. The van der Waals surface area contributed by atoms with Crippen molar-refractivity contribution < 1.29 is 77.3 Å². The van der Waals surface area contributed by atoms with Crippen LogP contribution in [0, 0.1) is 7.43 Å². The fourth-order valence-corrected chi connectivity index (χ4v) is 0. The summed E-state index contributed by atoms with van der Waals surface area (Å²) >= 11 is 0. The Kier molecular flexibility index (Phi) is 329. The van der Waals surface area contributed by atoms with Gasteiger partial charge in [0.1, 0.15) is 0 Å². The van der Waals surface area contributed by atoms with Gasteiger partial charge in [0.2, 0.25) is 0 Å². The van der Waals surface area contributed by atoms with Crippen LogP contribution in [0.1, 0.15) is 0 Å². The maximum absolute atomic E-state index is 0. The molecule has 0 aromatic heterocycles. The molecule has 0 bridgehead atoms. The number of hydrogen-bond acceptors (Lipinski definition) is 0. The number of hydrogen-bond donors (Lipinski definition) is 0. The summed E-state index contributed by atoms with van der Waals surface area (Å²) in [6, 6.07) is 0. The molecule has 0 saturated heterocycles. The van der Waals surface area contributed by atoms with Gasteiger partial charge in [-0.05, 0) is 0 Å². The molecular formula is CH3CrMoNbNi-. The van der Waals surface area contributed by atoms with Gasteiger partial charge in [0.05, 0.1) is 0 Å². The molecule has 4 heteroatoms. The molecule has 0 fully saturated rings. The van der Waals surface area contributed by atoms with E-state index in [0.29, 0.717) is 0 Å². The molecule has 5 heavy (non-hydrogen) atoms. The molecule has 35 valence electrons. The maximum atomic E-state index is 0. The van der Waals surface area contributed by atoms with Gasteiger partial charge in [-0.1, -0.05) is 0 Å². The van der Waals surface area contributed by atoms with Gasteiger partial charge in [0.25, 0.3) is 0 Å². The van der Waals surface area contributed by atoms with Crippen molar-refractivity contribution in [3.63, 3.8) is 0 Å². The van der Waals surface area contributed by atoms with E-state index in [9.17, 15) is 0 Å². The van der Waals surface area contributed by atoms with Gasteiger partial charge in [0.15, 0.2) is 0 Å². The van der Waals surface area contributed by atoms with Gasteiger partial charge in [0, 0.05) is 77.3 Å². The van der Waals surface area contributed by atoms with E-state index in [-0.39, 0.29) is 84.7 Å². The number of rotatable bonds is 0. The fourth-order valence-electron chi connectivity index (χ4n) is 0. The summed E-state index contributed by atoms with van der Waals surface area (Å²) in [5, 5.41) is 0. The van der Waals surface area contributed by atoms with Gasteiger partial charge in [-0.15, -0.1) is 0 Å². The molecule has 0 heterocycles. The molecule has 0 aromatic carbocycles. The van der Waals surface area contributed by atoms with E-state index >= 15 is 0 Å². The Balaban J connectivity index is 0. The van der Waals surface area contributed by atoms with Gasteiger partial charge >= 0.3 is 0 Å². The molecule has 0 N–H and O–H groups in total. The van der Waals surface area contributed by atoms with E-state index < -0.39 is 0 Å². The molecule has 0 aromatic rings. The Labute approximate surface area is 83.7 Å². The molecule has 0 saturated carbocycles. The summed E-state index contributed by atoms with van der Waals surface area (Å²) in [7, 11) is 0. The Morgan fingerprint density at radius 3 is 1.00 bits per heavy atom. The minimum absolute atomic E-state index is 0. The van der Waals surface area contributed by atoms with Crippen LogP contribution >= 0.6 is 0 Å². The largest absolute Gasteiger partial charge is 0.358 e. The van der Waals surface area contributed by atoms with Crippen LogP contribution in [-0.4, -0.2) is 0 Å². The van der Waals surface area contributed by atoms with Gasteiger partial charge < -0.3 is 7.43 Å². The molecular weight excluding hydrogens is 312 g/mol. The van der Waals surface area contributed by atoms with Crippen LogP contribution in [-0.2, 0) is 77.3 Å². The molecule has 0 aliphatic rings. The molecule has 0 unspecified atom stereocenters. The van der Waals surface area contributed by atoms with Crippen molar-refractivity contribution in [3.05, 3.63) is 7.43 Å². The zero-order valence-corrected chi connectivity index (χ0v) is 9.05. The van der Waals surface area contributed by atoms with Crippen molar-refractivity contribution in [2.45, 2.75) is 0 Å². The average Bonchev–Trinajstić information content (AvgIpc) is 0. The Morgan fingerprint density at radius 2 is 1.00 bits per heavy atom. The first-order valence-corrected chi connectivity index (χ1v) is 0. The third kappa shape index (κ3) is 21.3. The third-order valence-electron chi connectivity index (χ3n) is 0. The minimum atomic E-state index is 0. The summed E-state index contributed by atoms with van der Waals surface area (Å²) in [5.41, 5.74) is 0. The van der Waals surface area contributed by atoms with Crippen molar-refractivity contribution in [2.24, 2.45) is 0 Å². The van der Waals surface area contributed by atoms with E-state index in [4.69, 9.17) is 0 Å². The molecule has 0 rings (SSSR count). The van der Waals surface area contributed by atoms with Crippen LogP contribution in [0.2, 0.25) is 0 Å². The Bertz CT molecular complexity index is 11.6. The summed E-state index contributed by atoms with van der Waals surface area (Å²) < 4.78 is 0. The second-order valence-corrected chi connectivity index (χ2v) is 0. The minimum Gasteiger partial charge on any atom is -0.358 e. The van der Waals surface area contributed by atoms with Crippen LogP contribution < -0.4 is 0 Å². The Hall–Kier alpha value is 2.45. The molecule has 0 aliphatic heterocycles. The smallest absolute Gasteiger partial charge is 0 e. The molecule has 1 radical (unpaired) electrons. The monoisotopic (exact) mass is 316 g/mol. The van der Waals surface area contributed by atoms with Gasteiger partial charge in [-0.3, -0.25) is 0 Å². The zero-order chi connectivity index (χ0) is 0. The van der Waals surface area contributed by atoms with E-state index in [1.54, 1.807) is 0 Å². The van der Waals surface area contributed by atoms with Crippen LogP contribution in [0.25, 0.3) is 0 Å². The van der Waals surface area contributed by atoms with Gasteiger partial charge in [-0.25, -0.2) is 0 Å². The van der Waals surface area contributed by atoms with Crippen molar-refractivity contribution in [3.8, 4) is 0 Å².